The van der Waals surface area contributed by atoms with Crippen molar-refractivity contribution in [2.45, 2.75) is 6.92 Å². The predicted molar refractivity (Wildman–Crippen MR) is 80.9 cm³/mol. The van der Waals surface area contributed by atoms with Gasteiger partial charge in [-0.2, -0.15) is 0 Å². The van der Waals surface area contributed by atoms with Crippen LogP contribution in [0.3, 0.4) is 0 Å². The van der Waals surface area contributed by atoms with E-state index in [-0.39, 0.29) is 0 Å². The highest BCUT2D eigenvalue weighted by Crippen LogP contribution is 2.24. The molecule has 0 saturated carbocycles. The van der Waals surface area contributed by atoms with Crippen LogP contribution in [-0.4, -0.2) is 0 Å². The van der Waals surface area contributed by atoms with Gasteiger partial charge in [0, 0.05) is 0 Å². The topological polar surface area (TPSA) is 0 Å². The lowest BCUT2D eigenvalue weighted by molar-refractivity contribution is 1.47. The van der Waals surface area contributed by atoms with Crippen LogP contribution in [-0.2, 0) is 0 Å². The maximum absolute atomic E-state index is 3.37. The quantitative estimate of drug-likeness (QED) is 0.585. The van der Waals surface area contributed by atoms with Gasteiger partial charge >= 0.3 is 0 Å². The lowest BCUT2D eigenvalue weighted by atomic mass is 10.00. The van der Waals surface area contributed by atoms with Crippen LogP contribution in [0.4, 0.5) is 0 Å². The molecule has 0 aliphatic heterocycles. The van der Waals surface area contributed by atoms with Crippen molar-refractivity contribution in [2.24, 2.45) is 0 Å². The Morgan fingerprint density at radius 2 is 1.32 bits per heavy atom. The maximum atomic E-state index is 3.37. The first kappa shape index (κ1) is 11.7. The smallest absolute Gasteiger partial charge is 0.00928 e. The van der Waals surface area contributed by atoms with Crippen LogP contribution < -0.4 is 0 Å². The van der Waals surface area contributed by atoms with Gasteiger partial charge in [-0.15, -0.1) is 0 Å². The van der Waals surface area contributed by atoms with Gasteiger partial charge in [-0.25, -0.2) is 0 Å². The minimum Gasteiger partial charge on any atom is -0.0622 e. The van der Waals surface area contributed by atoms with Gasteiger partial charge < -0.3 is 0 Å². The summed E-state index contributed by atoms with van der Waals surface area (Å²) >= 11 is 0. The largest absolute Gasteiger partial charge is 0.0622 e. The van der Waals surface area contributed by atoms with E-state index >= 15 is 0 Å². The first-order valence-electron chi connectivity index (χ1n) is 6.47. The van der Waals surface area contributed by atoms with Crippen LogP contribution >= 0.6 is 0 Å². The summed E-state index contributed by atoms with van der Waals surface area (Å²) in [6, 6.07) is 28.7. The summed E-state index contributed by atoms with van der Waals surface area (Å²) in [5.74, 6) is 0. The van der Waals surface area contributed by atoms with Crippen LogP contribution in [0.25, 0.3) is 22.3 Å². The molecule has 3 aromatic rings. The highest BCUT2D eigenvalue weighted by atomic mass is 14.0. The van der Waals surface area contributed by atoms with Gasteiger partial charge in [0.15, 0.2) is 0 Å². The number of hydrogen-bond donors (Lipinski definition) is 0. The fraction of sp³-hybridized carbons (Fsp3) is 0.0526. The molecule has 0 unspecified atom stereocenters. The average molecular weight is 243 g/mol. The zero-order valence-electron chi connectivity index (χ0n) is 10.9. The molecule has 0 N–H and O–H groups in total. The van der Waals surface area contributed by atoms with Gasteiger partial charge in [-0.1, -0.05) is 72.3 Å². The predicted octanol–water partition coefficient (Wildman–Crippen LogP) is 5.13. The summed E-state index contributed by atoms with van der Waals surface area (Å²) in [6.45, 7) is 2.10. The molecule has 3 rings (SSSR count). The average Bonchev–Trinajstić information content (AvgIpc) is 2.49. The third-order valence-electron chi connectivity index (χ3n) is 3.28. The highest BCUT2D eigenvalue weighted by Gasteiger charge is 2.00. The summed E-state index contributed by atoms with van der Waals surface area (Å²) in [4.78, 5) is 0. The third-order valence-corrected chi connectivity index (χ3v) is 3.28. The molecule has 91 valence electrons. The summed E-state index contributed by atoms with van der Waals surface area (Å²) in [6.07, 6.45) is 0. The molecule has 0 bridgehead atoms. The zero-order valence-corrected chi connectivity index (χ0v) is 10.9. The van der Waals surface area contributed by atoms with E-state index in [1.165, 1.54) is 22.3 Å². The van der Waals surface area contributed by atoms with Crippen LogP contribution in [0.5, 0.6) is 0 Å². The van der Waals surface area contributed by atoms with Crippen LogP contribution in [0.15, 0.2) is 72.8 Å². The van der Waals surface area contributed by atoms with Crippen molar-refractivity contribution in [1.29, 1.82) is 0 Å². The highest BCUT2D eigenvalue weighted by molar-refractivity contribution is 5.69. The first-order valence-corrected chi connectivity index (χ1v) is 6.47. The molecule has 0 saturated heterocycles. The van der Waals surface area contributed by atoms with Crippen molar-refractivity contribution < 1.29 is 0 Å². The zero-order chi connectivity index (χ0) is 13.1. The minimum absolute atomic E-state index is 1.14. The number of benzene rings is 3. The number of aryl methyl sites for hydroxylation is 1. The summed E-state index contributed by atoms with van der Waals surface area (Å²) in [5.41, 5.74) is 6.07. The molecule has 0 aliphatic carbocycles. The van der Waals surface area contributed by atoms with E-state index in [2.05, 4.69) is 79.7 Å². The molecule has 0 spiro atoms. The second-order valence-corrected chi connectivity index (χ2v) is 4.72. The summed E-state index contributed by atoms with van der Waals surface area (Å²) in [5, 5.41) is 0. The van der Waals surface area contributed by atoms with Crippen molar-refractivity contribution in [3.8, 4) is 22.3 Å². The van der Waals surface area contributed by atoms with Crippen LogP contribution in [0.1, 0.15) is 5.56 Å². The molecule has 0 nitrogen and oxygen atoms in total. The Balaban J connectivity index is 1.93. The molecule has 19 heavy (non-hydrogen) atoms. The molecular formula is C19H15. The first-order chi connectivity index (χ1) is 9.33. The van der Waals surface area contributed by atoms with Crippen molar-refractivity contribution in [2.75, 3.05) is 0 Å². The van der Waals surface area contributed by atoms with Gasteiger partial charge in [0.25, 0.3) is 0 Å². The van der Waals surface area contributed by atoms with Crippen LogP contribution in [0.2, 0.25) is 0 Å². The van der Waals surface area contributed by atoms with Gasteiger partial charge in [0.05, 0.1) is 0 Å². The van der Waals surface area contributed by atoms with E-state index < -0.39 is 0 Å². The van der Waals surface area contributed by atoms with E-state index in [0.29, 0.717) is 0 Å². The third kappa shape index (κ3) is 2.58. The van der Waals surface area contributed by atoms with E-state index in [0.717, 1.165) is 5.56 Å². The lowest BCUT2D eigenvalue weighted by Crippen LogP contribution is -1.81. The Hall–Kier alpha value is -2.34. The molecule has 0 amide bonds. The fourth-order valence-electron chi connectivity index (χ4n) is 2.15. The molecule has 0 atom stereocenters. The van der Waals surface area contributed by atoms with E-state index in [1.807, 2.05) is 6.07 Å². The van der Waals surface area contributed by atoms with Crippen molar-refractivity contribution >= 4 is 0 Å². The molecule has 1 radical (unpaired) electrons. The normalized spacial score (nSPS) is 10.4. The van der Waals surface area contributed by atoms with Gasteiger partial charge in [0.2, 0.25) is 0 Å². The monoisotopic (exact) mass is 243 g/mol. The van der Waals surface area contributed by atoms with Crippen molar-refractivity contribution in [1.82, 2.24) is 0 Å². The molecular weight excluding hydrogens is 228 g/mol. The Kier molecular flexibility index (Phi) is 3.16. The molecule has 0 aromatic heterocycles. The van der Waals surface area contributed by atoms with Crippen LogP contribution in [0, 0.1) is 13.0 Å². The van der Waals surface area contributed by atoms with E-state index in [1.54, 1.807) is 0 Å². The lowest BCUT2D eigenvalue weighted by Gasteiger charge is -2.05. The number of hydrogen-bond acceptors (Lipinski definition) is 0. The van der Waals surface area contributed by atoms with Gasteiger partial charge in [-0.3, -0.25) is 0 Å². The van der Waals surface area contributed by atoms with Crippen molar-refractivity contribution in [3.63, 3.8) is 0 Å². The molecule has 0 fully saturated rings. The SMILES string of the molecule is Cc1ccc(-c2[c]cc(-c3ccccc3)cc2)cc1. The maximum Gasteiger partial charge on any atom is -0.00928 e. The van der Waals surface area contributed by atoms with Gasteiger partial charge in [-0.05, 0) is 41.3 Å². The second-order valence-electron chi connectivity index (χ2n) is 4.72. The van der Waals surface area contributed by atoms with E-state index in [4.69, 9.17) is 0 Å². The standard InChI is InChI=1S/C19H15/c1-15-7-9-17(10-8-15)19-13-11-18(12-14-19)16-5-3-2-4-6-16/h2-13H,1H3. The molecule has 0 heteroatoms. The second kappa shape index (κ2) is 5.11. The minimum atomic E-state index is 1.14. The molecule has 0 heterocycles. The summed E-state index contributed by atoms with van der Waals surface area (Å²) in [7, 11) is 0. The van der Waals surface area contributed by atoms with Gasteiger partial charge in [0.1, 0.15) is 0 Å². The Bertz CT molecular complexity index is 647. The van der Waals surface area contributed by atoms with Crippen molar-refractivity contribution in [3.05, 3.63) is 84.4 Å². The summed E-state index contributed by atoms with van der Waals surface area (Å²) < 4.78 is 0. The number of rotatable bonds is 2. The Morgan fingerprint density at radius 1 is 0.632 bits per heavy atom. The fourth-order valence-corrected chi connectivity index (χ4v) is 2.15. The molecule has 0 aliphatic rings. The Morgan fingerprint density at radius 3 is 1.95 bits per heavy atom. The Labute approximate surface area is 114 Å². The molecule has 3 aromatic carbocycles. The van der Waals surface area contributed by atoms with E-state index in [9.17, 15) is 0 Å².